The summed E-state index contributed by atoms with van der Waals surface area (Å²) in [6.45, 7) is 2.60. The van der Waals surface area contributed by atoms with Crippen molar-refractivity contribution < 1.29 is 9.90 Å². The van der Waals surface area contributed by atoms with Crippen LogP contribution >= 0.6 is 0 Å². The maximum atomic E-state index is 10.8. The highest BCUT2D eigenvalue weighted by atomic mass is 16.4. The summed E-state index contributed by atoms with van der Waals surface area (Å²) >= 11 is 0. The molecule has 0 fully saturated rings. The fourth-order valence-corrected chi connectivity index (χ4v) is 1.81. The Bertz CT molecular complexity index is 557. The zero-order chi connectivity index (χ0) is 13.0. The summed E-state index contributed by atoms with van der Waals surface area (Å²) in [5, 5.41) is 8.90. The van der Waals surface area contributed by atoms with Crippen molar-refractivity contribution in [3.8, 4) is 0 Å². The van der Waals surface area contributed by atoms with Gasteiger partial charge >= 0.3 is 5.97 Å². The van der Waals surface area contributed by atoms with Gasteiger partial charge in [-0.3, -0.25) is 9.78 Å². The van der Waals surface area contributed by atoms with Crippen molar-refractivity contribution in [1.29, 1.82) is 0 Å². The number of fused-ring (bicyclic) bond motifs is 1. The van der Waals surface area contributed by atoms with Gasteiger partial charge in [-0.25, -0.2) is 4.98 Å². The average Bonchev–Trinajstić information content (AvgIpc) is 2.37. The van der Waals surface area contributed by atoms with Crippen molar-refractivity contribution in [2.24, 2.45) is 0 Å². The van der Waals surface area contributed by atoms with Crippen LogP contribution in [0.15, 0.2) is 30.5 Å². The van der Waals surface area contributed by atoms with E-state index >= 15 is 0 Å². The van der Waals surface area contributed by atoms with Crippen molar-refractivity contribution in [3.05, 3.63) is 30.5 Å². The van der Waals surface area contributed by atoms with Gasteiger partial charge in [0.05, 0.1) is 17.2 Å². The van der Waals surface area contributed by atoms with E-state index in [0.717, 1.165) is 17.5 Å². The lowest BCUT2D eigenvalue weighted by Gasteiger charge is -2.20. The summed E-state index contributed by atoms with van der Waals surface area (Å²) in [5.74, 6) is -0.253. The third kappa shape index (κ3) is 2.74. The Morgan fingerprint density at radius 3 is 2.72 bits per heavy atom. The lowest BCUT2D eigenvalue weighted by molar-refractivity contribution is -0.135. The van der Waals surface area contributed by atoms with Crippen LogP contribution in [0.3, 0.4) is 0 Å². The molecule has 94 valence electrons. The highest BCUT2D eigenvalue weighted by Crippen LogP contribution is 2.15. The van der Waals surface area contributed by atoms with Crippen LogP contribution < -0.4 is 4.90 Å². The number of anilines is 1. The van der Waals surface area contributed by atoms with Gasteiger partial charge in [-0.15, -0.1) is 0 Å². The van der Waals surface area contributed by atoms with E-state index in [4.69, 9.17) is 5.11 Å². The molecule has 0 atom stereocenters. The van der Waals surface area contributed by atoms with E-state index in [9.17, 15) is 4.79 Å². The average molecular weight is 245 g/mol. The van der Waals surface area contributed by atoms with E-state index in [1.54, 1.807) is 11.1 Å². The number of carboxylic acid groups (broad SMARTS) is 1. The van der Waals surface area contributed by atoms with Gasteiger partial charge < -0.3 is 10.0 Å². The summed E-state index contributed by atoms with van der Waals surface area (Å²) in [7, 11) is 0. The van der Waals surface area contributed by atoms with Gasteiger partial charge in [0.15, 0.2) is 0 Å². The van der Waals surface area contributed by atoms with Crippen LogP contribution in [0.2, 0.25) is 0 Å². The number of aliphatic carboxylic acids is 1. The Hall–Kier alpha value is -2.17. The molecule has 2 aromatic rings. The molecule has 0 amide bonds. The second-order valence-electron chi connectivity index (χ2n) is 4.03. The SMILES string of the molecule is CCCN(CC(=O)O)c1cnc2ccccc2n1. The van der Waals surface area contributed by atoms with Crippen LogP contribution in [-0.4, -0.2) is 34.1 Å². The lowest BCUT2D eigenvalue weighted by Crippen LogP contribution is -2.31. The first-order valence-electron chi connectivity index (χ1n) is 5.89. The standard InChI is InChI=1S/C13H15N3O2/c1-2-7-16(9-13(17)18)12-8-14-10-5-3-4-6-11(10)15-12/h3-6,8H,2,7,9H2,1H3,(H,17,18). The van der Waals surface area contributed by atoms with Crippen molar-refractivity contribution in [3.63, 3.8) is 0 Å². The summed E-state index contributed by atoms with van der Waals surface area (Å²) < 4.78 is 0. The van der Waals surface area contributed by atoms with Crippen LogP contribution in [0.4, 0.5) is 5.82 Å². The minimum absolute atomic E-state index is 0.0547. The zero-order valence-electron chi connectivity index (χ0n) is 10.2. The number of para-hydroxylation sites is 2. The summed E-state index contributed by atoms with van der Waals surface area (Å²) in [4.78, 5) is 21.3. The molecule has 0 saturated carbocycles. The van der Waals surface area contributed by atoms with Crippen LogP contribution in [0, 0.1) is 0 Å². The maximum absolute atomic E-state index is 10.8. The molecule has 5 heteroatoms. The number of rotatable bonds is 5. The number of hydrogen-bond donors (Lipinski definition) is 1. The van der Waals surface area contributed by atoms with E-state index in [-0.39, 0.29) is 6.54 Å². The maximum Gasteiger partial charge on any atom is 0.323 e. The fraction of sp³-hybridized carbons (Fsp3) is 0.308. The molecule has 1 N–H and O–H groups in total. The summed E-state index contributed by atoms with van der Waals surface area (Å²) in [5.41, 5.74) is 1.59. The molecule has 1 aromatic carbocycles. The fourth-order valence-electron chi connectivity index (χ4n) is 1.81. The Labute approximate surface area is 105 Å². The van der Waals surface area contributed by atoms with Crippen molar-refractivity contribution in [1.82, 2.24) is 9.97 Å². The number of carboxylic acids is 1. The van der Waals surface area contributed by atoms with Gasteiger partial charge in [-0.05, 0) is 18.6 Å². The largest absolute Gasteiger partial charge is 0.480 e. The molecule has 0 spiro atoms. The third-order valence-electron chi connectivity index (χ3n) is 2.58. The first-order valence-corrected chi connectivity index (χ1v) is 5.89. The van der Waals surface area contributed by atoms with Crippen molar-refractivity contribution >= 4 is 22.8 Å². The van der Waals surface area contributed by atoms with E-state index < -0.39 is 5.97 Å². The Kier molecular flexibility index (Phi) is 3.72. The Balaban J connectivity index is 2.34. The Morgan fingerprint density at radius 1 is 1.33 bits per heavy atom. The van der Waals surface area contributed by atoms with Gasteiger partial charge in [0.2, 0.25) is 0 Å². The normalized spacial score (nSPS) is 10.5. The first-order chi connectivity index (χ1) is 8.70. The molecule has 0 aliphatic rings. The van der Waals surface area contributed by atoms with Gasteiger partial charge in [0, 0.05) is 6.54 Å². The summed E-state index contributed by atoms with van der Waals surface area (Å²) in [6.07, 6.45) is 2.49. The third-order valence-corrected chi connectivity index (χ3v) is 2.58. The molecule has 0 radical (unpaired) electrons. The van der Waals surface area contributed by atoms with E-state index in [2.05, 4.69) is 9.97 Å². The molecule has 1 heterocycles. The van der Waals surface area contributed by atoms with Crippen molar-refractivity contribution in [2.45, 2.75) is 13.3 Å². The number of benzene rings is 1. The highest BCUT2D eigenvalue weighted by Gasteiger charge is 2.11. The second-order valence-corrected chi connectivity index (χ2v) is 4.03. The molecular formula is C13H15N3O2. The number of aromatic nitrogens is 2. The monoisotopic (exact) mass is 245 g/mol. The molecular weight excluding hydrogens is 230 g/mol. The molecule has 18 heavy (non-hydrogen) atoms. The van der Waals surface area contributed by atoms with Crippen LogP contribution in [0.1, 0.15) is 13.3 Å². The molecule has 0 saturated heterocycles. The molecule has 0 unspecified atom stereocenters. The topological polar surface area (TPSA) is 66.3 Å². The smallest absolute Gasteiger partial charge is 0.323 e. The Morgan fingerprint density at radius 2 is 2.06 bits per heavy atom. The highest BCUT2D eigenvalue weighted by molar-refractivity contribution is 5.77. The van der Waals surface area contributed by atoms with Gasteiger partial charge in [-0.1, -0.05) is 19.1 Å². The molecule has 0 bridgehead atoms. The number of hydrogen-bond acceptors (Lipinski definition) is 4. The van der Waals surface area contributed by atoms with Gasteiger partial charge in [-0.2, -0.15) is 0 Å². The zero-order valence-corrected chi connectivity index (χ0v) is 10.2. The van der Waals surface area contributed by atoms with Crippen LogP contribution in [0.25, 0.3) is 11.0 Å². The minimum atomic E-state index is -0.863. The second kappa shape index (κ2) is 5.44. The van der Waals surface area contributed by atoms with E-state index in [1.165, 1.54) is 0 Å². The molecule has 2 rings (SSSR count). The van der Waals surface area contributed by atoms with Gasteiger partial charge in [0.25, 0.3) is 0 Å². The van der Waals surface area contributed by atoms with Gasteiger partial charge in [0.1, 0.15) is 12.4 Å². The first kappa shape index (κ1) is 12.3. The molecule has 1 aromatic heterocycles. The molecule has 0 aliphatic heterocycles. The molecule has 0 aliphatic carbocycles. The molecule has 5 nitrogen and oxygen atoms in total. The van der Waals surface area contributed by atoms with Crippen LogP contribution in [0.5, 0.6) is 0 Å². The van der Waals surface area contributed by atoms with Crippen LogP contribution in [-0.2, 0) is 4.79 Å². The summed E-state index contributed by atoms with van der Waals surface area (Å²) in [6, 6.07) is 7.55. The van der Waals surface area contributed by atoms with Crippen molar-refractivity contribution in [2.75, 3.05) is 18.0 Å². The minimum Gasteiger partial charge on any atom is -0.480 e. The quantitative estimate of drug-likeness (QED) is 0.871. The predicted octanol–water partition coefficient (Wildman–Crippen LogP) is 1.93. The predicted molar refractivity (Wildman–Crippen MR) is 69.7 cm³/mol. The number of nitrogens with zero attached hydrogens (tertiary/aromatic N) is 3. The number of carbonyl (C=O) groups is 1. The van der Waals surface area contributed by atoms with E-state index in [1.807, 2.05) is 31.2 Å². The van der Waals surface area contributed by atoms with E-state index in [0.29, 0.717) is 12.4 Å². The lowest BCUT2D eigenvalue weighted by atomic mass is 10.3.